The molecule has 110 valence electrons. The minimum Gasteiger partial charge on any atom is -0.384 e. The van der Waals surface area contributed by atoms with Crippen LogP contribution < -0.4 is 10.6 Å². The van der Waals surface area contributed by atoms with Gasteiger partial charge in [-0.05, 0) is 54.9 Å². The second-order valence-electron chi connectivity index (χ2n) is 6.22. The topological polar surface area (TPSA) is 56.4 Å². The van der Waals surface area contributed by atoms with Crippen molar-refractivity contribution < 1.29 is 0 Å². The van der Waals surface area contributed by atoms with Gasteiger partial charge in [0.05, 0.1) is 5.69 Å². The third-order valence-electron chi connectivity index (χ3n) is 3.83. The van der Waals surface area contributed by atoms with Crippen LogP contribution in [0.25, 0.3) is 0 Å². The van der Waals surface area contributed by atoms with E-state index in [0.717, 1.165) is 36.2 Å². The molecule has 0 unspecified atom stereocenters. The van der Waals surface area contributed by atoms with Gasteiger partial charge in [-0.15, -0.1) is 0 Å². The third-order valence-corrected chi connectivity index (χ3v) is 4.46. The number of rotatable bonds is 2. The maximum Gasteiger partial charge on any atom is 0.122 e. The van der Waals surface area contributed by atoms with Crippen molar-refractivity contribution in [3.63, 3.8) is 0 Å². The molecule has 0 radical (unpaired) electrons. The highest BCUT2D eigenvalue weighted by molar-refractivity contribution is 9.10. The van der Waals surface area contributed by atoms with Gasteiger partial charge in [0.15, 0.2) is 0 Å². The van der Waals surface area contributed by atoms with Gasteiger partial charge in [-0.1, -0.05) is 0 Å². The van der Waals surface area contributed by atoms with Gasteiger partial charge >= 0.3 is 0 Å². The normalized spacial score (nSPS) is 17.3. The summed E-state index contributed by atoms with van der Waals surface area (Å²) in [5.74, 6) is 0.106. The van der Waals surface area contributed by atoms with Crippen LogP contribution in [0.4, 0.5) is 5.69 Å². The lowest BCUT2D eigenvalue weighted by atomic mass is 10.0. The molecule has 1 fully saturated rings. The van der Waals surface area contributed by atoms with Crippen LogP contribution in [0, 0.1) is 5.41 Å². The molecule has 1 heterocycles. The molecule has 1 aromatic carbocycles. The number of nitrogens with two attached hydrogens (primary N) is 1. The molecule has 1 aromatic rings. The molecule has 1 saturated heterocycles. The number of hydrogen-bond acceptors (Lipinski definition) is 3. The number of amidine groups is 1. The molecule has 0 spiro atoms. The Hall–Kier alpha value is -1.07. The summed E-state index contributed by atoms with van der Waals surface area (Å²) in [7, 11) is 0. The van der Waals surface area contributed by atoms with Crippen molar-refractivity contribution in [1.29, 1.82) is 5.41 Å². The van der Waals surface area contributed by atoms with E-state index in [1.54, 1.807) is 0 Å². The van der Waals surface area contributed by atoms with Gasteiger partial charge in [0.2, 0.25) is 0 Å². The molecule has 1 aliphatic rings. The number of halogens is 1. The van der Waals surface area contributed by atoms with Gasteiger partial charge in [0, 0.05) is 41.8 Å². The first kappa shape index (κ1) is 15.3. The summed E-state index contributed by atoms with van der Waals surface area (Å²) in [5.41, 5.74) is 7.70. The number of hydrogen-bond donors (Lipinski definition) is 2. The summed E-state index contributed by atoms with van der Waals surface area (Å²) in [5, 5.41) is 7.48. The fourth-order valence-corrected chi connectivity index (χ4v) is 3.18. The van der Waals surface area contributed by atoms with E-state index in [4.69, 9.17) is 11.1 Å². The number of anilines is 1. The lowest BCUT2D eigenvalue weighted by Crippen LogP contribution is -2.53. The minimum atomic E-state index is 0.106. The maximum atomic E-state index is 7.48. The number of nitrogens with one attached hydrogen (secondary N) is 1. The van der Waals surface area contributed by atoms with Crippen molar-refractivity contribution in [3.8, 4) is 0 Å². The molecular weight excluding hydrogens is 316 g/mol. The van der Waals surface area contributed by atoms with E-state index in [1.165, 1.54) is 5.69 Å². The van der Waals surface area contributed by atoms with Crippen molar-refractivity contribution in [1.82, 2.24) is 4.90 Å². The number of benzene rings is 1. The zero-order valence-corrected chi connectivity index (χ0v) is 14.0. The molecule has 20 heavy (non-hydrogen) atoms. The fraction of sp³-hybridized carbons (Fsp3) is 0.533. The van der Waals surface area contributed by atoms with Crippen LogP contribution in [0.2, 0.25) is 0 Å². The zero-order chi connectivity index (χ0) is 14.9. The van der Waals surface area contributed by atoms with Crippen molar-refractivity contribution >= 4 is 27.5 Å². The zero-order valence-electron chi connectivity index (χ0n) is 12.4. The van der Waals surface area contributed by atoms with Crippen molar-refractivity contribution in [2.75, 3.05) is 31.1 Å². The van der Waals surface area contributed by atoms with Crippen molar-refractivity contribution in [2.24, 2.45) is 5.73 Å². The average molecular weight is 339 g/mol. The molecule has 5 heteroatoms. The van der Waals surface area contributed by atoms with Crippen LogP contribution in [0.1, 0.15) is 26.3 Å². The van der Waals surface area contributed by atoms with E-state index >= 15 is 0 Å². The SMILES string of the molecule is CC(C)(C)N1CCN(c2ccc(C(=N)N)cc2Br)CC1. The molecule has 0 atom stereocenters. The monoisotopic (exact) mass is 338 g/mol. The van der Waals surface area contributed by atoms with Crippen LogP contribution >= 0.6 is 15.9 Å². The van der Waals surface area contributed by atoms with Gasteiger partial charge in [-0.25, -0.2) is 0 Å². The first-order valence-corrected chi connectivity index (χ1v) is 7.72. The number of nitrogen functional groups attached to an aromatic ring is 1. The summed E-state index contributed by atoms with van der Waals surface area (Å²) in [6.07, 6.45) is 0. The van der Waals surface area contributed by atoms with Gasteiger partial charge in [-0.3, -0.25) is 10.3 Å². The highest BCUT2D eigenvalue weighted by atomic mass is 79.9. The summed E-state index contributed by atoms with van der Waals surface area (Å²) >= 11 is 3.60. The van der Waals surface area contributed by atoms with Crippen molar-refractivity contribution in [2.45, 2.75) is 26.3 Å². The fourth-order valence-electron chi connectivity index (χ4n) is 2.55. The minimum absolute atomic E-state index is 0.106. The first-order chi connectivity index (χ1) is 9.29. The first-order valence-electron chi connectivity index (χ1n) is 6.93. The summed E-state index contributed by atoms with van der Waals surface area (Å²) in [6.45, 7) is 11.0. The second-order valence-corrected chi connectivity index (χ2v) is 7.08. The number of piperazine rings is 1. The molecule has 0 aromatic heterocycles. The molecule has 0 saturated carbocycles. The van der Waals surface area contributed by atoms with Gasteiger partial charge in [-0.2, -0.15) is 0 Å². The smallest absolute Gasteiger partial charge is 0.122 e. The predicted molar refractivity (Wildman–Crippen MR) is 88.7 cm³/mol. The summed E-state index contributed by atoms with van der Waals surface area (Å²) < 4.78 is 1.01. The Balaban J connectivity index is 2.09. The van der Waals surface area contributed by atoms with Gasteiger partial charge < -0.3 is 10.6 Å². The molecule has 1 aliphatic heterocycles. The van der Waals surface area contributed by atoms with Crippen LogP contribution in [0.15, 0.2) is 22.7 Å². The van der Waals surface area contributed by atoms with E-state index in [2.05, 4.69) is 46.5 Å². The van der Waals surface area contributed by atoms with Crippen LogP contribution in [0.5, 0.6) is 0 Å². The number of nitrogens with zero attached hydrogens (tertiary/aromatic N) is 2. The van der Waals surface area contributed by atoms with Crippen LogP contribution in [-0.4, -0.2) is 42.5 Å². The van der Waals surface area contributed by atoms with E-state index in [-0.39, 0.29) is 11.4 Å². The molecule has 3 N–H and O–H groups in total. The molecule has 0 aliphatic carbocycles. The lowest BCUT2D eigenvalue weighted by molar-refractivity contribution is 0.128. The van der Waals surface area contributed by atoms with E-state index < -0.39 is 0 Å². The van der Waals surface area contributed by atoms with Gasteiger partial charge in [0.25, 0.3) is 0 Å². The van der Waals surface area contributed by atoms with Crippen LogP contribution in [-0.2, 0) is 0 Å². The third kappa shape index (κ3) is 3.33. The molecule has 2 rings (SSSR count). The Morgan fingerprint density at radius 1 is 1.20 bits per heavy atom. The van der Waals surface area contributed by atoms with Gasteiger partial charge in [0.1, 0.15) is 5.84 Å². The lowest BCUT2D eigenvalue weighted by Gasteiger charge is -2.43. The molecule has 0 amide bonds. The Kier molecular flexibility index (Phi) is 4.39. The molecular formula is C15H23BrN4. The Bertz CT molecular complexity index is 499. The molecule has 0 bridgehead atoms. The maximum absolute atomic E-state index is 7.48. The predicted octanol–water partition coefficient (Wildman–Crippen LogP) is 2.65. The highest BCUT2D eigenvalue weighted by Crippen LogP contribution is 2.29. The quantitative estimate of drug-likeness (QED) is 0.643. The second kappa shape index (κ2) is 5.74. The average Bonchev–Trinajstić information content (AvgIpc) is 2.37. The Morgan fingerprint density at radius 2 is 1.80 bits per heavy atom. The summed E-state index contributed by atoms with van der Waals surface area (Å²) in [6, 6.07) is 5.89. The summed E-state index contributed by atoms with van der Waals surface area (Å²) in [4.78, 5) is 4.90. The van der Waals surface area contributed by atoms with E-state index in [1.807, 2.05) is 18.2 Å². The molecule has 4 nitrogen and oxygen atoms in total. The Morgan fingerprint density at radius 3 is 2.25 bits per heavy atom. The highest BCUT2D eigenvalue weighted by Gasteiger charge is 2.26. The van der Waals surface area contributed by atoms with Crippen molar-refractivity contribution in [3.05, 3.63) is 28.2 Å². The van der Waals surface area contributed by atoms with E-state index in [0.29, 0.717) is 0 Å². The standard InChI is InChI=1S/C15H23BrN4/c1-15(2,3)20-8-6-19(7-9-20)13-5-4-11(14(17)18)10-12(13)16/h4-5,10H,6-9H2,1-3H3,(H3,17,18). The van der Waals surface area contributed by atoms with E-state index in [9.17, 15) is 0 Å². The van der Waals surface area contributed by atoms with Crippen LogP contribution in [0.3, 0.4) is 0 Å². The largest absolute Gasteiger partial charge is 0.384 e. The Labute approximate surface area is 129 Å².